The van der Waals surface area contributed by atoms with Gasteiger partial charge in [0.05, 0.1) is 25.6 Å². The van der Waals surface area contributed by atoms with Gasteiger partial charge in [0.1, 0.15) is 12.6 Å². The summed E-state index contributed by atoms with van der Waals surface area (Å²) in [4.78, 5) is 45.5. The fourth-order valence-corrected chi connectivity index (χ4v) is 3.55. The Hall–Kier alpha value is -3.18. The van der Waals surface area contributed by atoms with E-state index < -0.39 is 33.8 Å². The van der Waals surface area contributed by atoms with Crippen molar-refractivity contribution in [2.75, 3.05) is 38.7 Å². The van der Waals surface area contributed by atoms with Gasteiger partial charge in [-0.05, 0) is 19.8 Å². The third-order valence-electron chi connectivity index (χ3n) is 4.20. The smallest absolute Gasteiger partial charge is 0.325 e. The van der Waals surface area contributed by atoms with Gasteiger partial charge >= 0.3 is 5.97 Å². The van der Waals surface area contributed by atoms with Crippen LogP contribution in [0.25, 0.3) is 0 Å². The highest BCUT2D eigenvalue weighted by Gasteiger charge is 2.16. The predicted octanol–water partition coefficient (Wildman–Crippen LogP) is -2.51. The number of aliphatic carboxylic acids is 1. The lowest BCUT2D eigenvalue weighted by molar-refractivity contribution is -0.142. The van der Waals surface area contributed by atoms with Gasteiger partial charge in [0.15, 0.2) is 5.82 Å². The van der Waals surface area contributed by atoms with Crippen LogP contribution in [0.5, 0.6) is 0 Å². The molecule has 0 saturated carbocycles. The van der Waals surface area contributed by atoms with Crippen molar-refractivity contribution in [3.8, 4) is 0 Å². The Balaban J connectivity index is 2.01. The van der Waals surface area contributed by atoms with Gasteiger partial charge in [-0.2, -0.15) is 5.21 Å². The Morgan fingerprint density at radius 3 is 2.43 bits per heavy atom. The second-order valence-corrected chi connectivity index (χ2v) is 9.11. The zero-order valence-electron chi connectivity index (χ0n) is 19.3. The summed E-state index contributed by atoms with van der Waals surface area (Å²) in [5.41, 5.74) is 0. The van der Waals surface area contributed by atoms with Crippen LogP contribution in [0, 0.1) is 0 Å². The molecule has 5 N–H and O–H groups in total. The molecule has 1 atom stereocenters. The number of carboxylic acid groups (broad SMARTS) is 1. The Bertz CT molecular complexity index is 909. The van der Waals surface area contributed by atoms with Crippen molar-refractivity contribution < 1.29 is 42.2 Å². The molecule has 0 aliphatic rings. The third-order valence-corrected chi connectivity index (χ3v) is 5.57. The first-order valence-corrected chi connectivity index (χ1v) is 12.4. The van der Waals surface area contributed by atoms with E-state index in [9.17, 15) is 27.6 Å². The maximum Gasteiger partial charge on any atom is 0.325 e. The molecule has 198 valence electrons. The monoisotopic (exact) mass is 521 g/mol. The number of carboxylic acids is 1. The number of ether oxygens (including phenoxy) is 2. The Morgan fingerprint density at radius 1 is 1.03 bits per heavy atom. The number of carbonyl (C=O) groups is 4. The average molecular weight is 522 g/mol. The first-order valence-electron chi connectivity index (χ1n) is 10.8. The molecule has 1 aromatic heterocycles. The van der Waals surface area contributed by atoms with Gasteiger partial charge < -0.3 is 25.2 Å². The van der Waals surface area contributed by atoms with E-state index in [4.69, 9.17) is 14.6 Å². The first-order chi connectivity index (χ1) is 16.6. The second kappa shape index (κ2) is 16.4. The number of hydrogen-bond donors (Lipinski definition) is 5. The maximum absolute atomic E-state index is 11.9. The zero-order valence-corrected chi connectivity index (χ0v) is 20.1. The lowest BCUT2D eigenvalue weighted by Gasteiger charge is -2.10. The average Bonchev–Trinajstić information content (AvgIpc) is 3.28. The Kier molecular flexibility index (Phi) is 14.0. The van der Waals surface area contributed by atoms with Crippen molar-refractivity contribution in [1.29, 1.82) is 0 Å². The van der Waals surface area contributed by atoms with Crippen molar-refractivity contribution in [1.82, 2.24) is 36.0 Å². The summed E-state index contributed by atoms with van der Waals surface area (Å²) in [7, 11) is -3.84. The number of aromatic amines is 1. The van der Waals surface area contributed by atoms with E-state index >= 15 is 0 Å². The molecule has 0 aromatic carbocycles. The van der Waals surface area contributed by atoms with Gasteiger partial charge in [-0.25, -0.2) is 8.42 Å². The molecule has 0 saturated heterocycles. The number of carbonyl (C=O) groups excluding carboxylic acids is 3. The van der Waals surface area contributed by atoms with Gasteiger partial charge in [0, 0.05) is 25.8 Å². The summed E-state index contributed by atoms with van der Waals surface area (Å²) in [6.45, 7) is 1.65. The fourth-order valence-electron chi connectivity index (χ4n) is 2.47. The van der Waals surface area contributed by atoms with Gasteiger partial charge in [-0.15, -0.1) is 10.2 Å². The SMILES string of the molecule is CC(NC(=O)COCCOCCNC(=O)CCCS(=O)(=O)NC(=O)CCCc1nn[nH]n1)C(=O)O. The lowest BCUT2D eigenvalue weighted by atomic mass is 10.2. The molecule has 1 aromatic rings. The first kappa shape index (κ1) is 29.9. The molecule has 0 fully saturated rings. The lowest BCUT2D eigenvalue weighted by Crippen LogP contribution is -2.40. The number of rotatable bonds is 19. The van der Waals surface area contributed by atoms with Gasteiger partial charge in [0.2, 0.25) is 27.7 Å². The molecule has 17 heteroatoms. The summed E-state index contributed by atoms with van der Waals surface area (Å²) in [5, 5.41) is 26.6. The van der Waals surface area contributed by atoms with E-state index in [-0.39, 0.29) is 63.9 Å². The molecular weight excluding hydrogens is 490 g/mol. The normalized spacial score (nSPS) is 12.0. The number of nitrogens with zero attached hydrogens (tertiary/aromatic N) is 3. The quantitative estimate of drug-likeness (QED) is 0.119. The molecule has 16 nitrogen and oxygen atoms in total. The van der Waals surface area contributed by atoms with E-state index in [0.29, 0.717) is 18.7 Å². The van der Waals surface area contributed by atoms with Gasteiger partial charge in [-0.3, -0.25) is 23.9 Å². The van der Waals surface area contributed by atoms with Crippen LogP contribution in [0.2, 0.25) is 0 Å². The van der Waals surface area contributed by atoms with Gasteiger partial charge in [0.25, 0.3) is 0 Å². The Labute approximate surface area is 201 Å². The van der Waals surface area contributed by atoms with Crippen molar-refractivity contribution in [3.63, 3.8) is 0 Å². The summed E-state index contributed by atoms with van der Waals surface area (Å²) in [5.74, 6) is -2.66. The molecule has 0 bridgehead atoms. The molecule has 1 unspecified atom stereocenters. The highest BCUT2D eigenvalue weighted by molar-refractivity contribution is 7.90. The van der Waals surface area contributed by atoms with E-state index in [1.807, 2.05) is 4.72 Å². The van der Waals surface area contributed by atoms with Crippen molar-refractivity contribution in [2.45, 2.75) is 45.1 Å². The summed E-state index contributed by atoms with van der Waals surface area (Å²) < 4.78 is 36.1. The summed E-state index contributed by atoms with van der Waals surface area (Å²) >= 11 is 0. The van der Waals surface area contributed by atoms with Gasteiger partial charge in [-0.1, -0.05) is 5.21 Å². The number of aryl methyl sites for hydroxylation is 1. The maximum atomic E-state index is 11.9. The van der Waals surface area contributed by atoms with Crippen LogP contribution in [-0.2, 0) is 45.1 Å². The molecule has 0 spiro atoms. The standard InChI is InChI=1S/C18H31N7O9S/c1-13(18(29)30)20-17(28)12-34-10-9-33-8-7-19-15(26)6-3-11-35(31,32)23-16(27)5-2-4-14-21-24-25-22-14/h13H,2-12H2,1H3,(H,19,26)(H,20,28)(H,23,27)(H,29,30)(H,21,22,24,25). The zero-order chi connectivity index (χ0) is 26.1. The van der Waals surface area contributed by atoms with Crippen molar-refractivity contribution in [2.24, 2.45) is 0 Å². The molecule has 1 rings (SSSR count). The molecule has 0 aliphatic heterocycles. The number of H-pyrrole nitrogens is 1. The molecular formula is C18H31N7O9S. The fraction of sp³-hybridized carbons (Fsp3) is 0.722. The van der Waals surface area contributed by atoms with E-state index in [0.717, 1.165) is 0 Å². The van der Waals surface area contributed by atoms with Crippen LogP contribution >= 0.6 is 0 Å². The minimum absolute atomic E-state index is 0.0174. The van der Waals surface area contributed by atoms with E-state index in [1.54, 1.807) is 0 Å². The number of tetrazole rings is 1. The minimum Gasteiger partial charge on any atom is -0.480 e. The summed E-state index contributed by atoms with van der Waals surface area (Å²) in [6, 6.07) is -1.01. The second-order valence-electron chi connectivity index (χ2n) is 7.27. The van der Waals surface area contributed by atoms with Crippen molar-refractivity contribution in [3.05, 3.63) is 5.82 Å². The molecule has 3 amide bonds. The van der Waals surface area contributed by atoms with Crippen LogP contribution in [0.4, 0.5) is 0 Å². The number of nitrogens with one attached hydrogen (secondary N) is 4. The Morgan fingerprint density at radius 2 is 1.74 bits per heavy atom. The minimum atomic E-state index is -3.84. The molecule has 35 heavy (non-hydrogen) atoms. The van der Waals surface area contributed by atoms with Crippen LogP contribution < -0.4 is 15.4 Å². The third kappa shape index (κ3) is 15.4. The number of amides is 3. The summed E-state index contributed by atoms with van der Waals surface area (Å²) in [6.07, 6.45) is 0.718. The number of sulfonamides is 1. The predicted molar refractivity (Wildman–Crippen MR) is 118 cm³/mol. The van der Waals surface area contributed by atoms with Crippen LogP contribution in [0.1, 0.15) is 38.4 Å². The molecule has 0 aliphatic carbocycles. The van der Waals surface area contributed by atoms with E-state index in [2.05, 4.69) is 31.3 Å². The van der Waals surface area contributed by atoms with E-state index in [1.165, 1.54) is 6.92 Å². The molecule has 0 radical (unpaired) electrons. The van der Waals surface area contributed by atoms with Crippen LogP contribution in [0.3, 0.4) is 0 Å². The number of aromatic nitrogens is 4. The molecule has 1 heterocycles. The van der Waals surface area contributed by atoms with Crippen LogP contribution in [0.15, 0.2) is 0 Å². The van der Waals surface area contributed by atoms with Crippen LogP contribution in [-0.4, -0.2) is 103 Å². The highest BCUT2D eigenvalue weighted by atomic mass is 32.2. The topological polar surface area (TPSA) is 232 Å². The largest absolute Gasteiger partial charge is 0.480 e. The van der Waals surface area contributed by atoms with Crippen molar-refractivity contribution >= 4 is 33.7 Å². The highest BCUT2D eigenvalue weighted by Crippen LogP contribution is 2.00. The number of hydrogen-bond acceptors (Lipinski definition) is 11.